The molecule has 3 heterocycles. The summed E-state index contributed by atoms with van der Waals surface area (Å²) in [5, 5.41) is 0. The van der Waals surface area contributed by atoms with Crippen molar-refractivity contribution in [1.29, 1.82) is 0 Å². The van der Waals surface area contributed by atoms with E-state index in [1.807, 2.05) is 47.5 Å². The van der Waals surface area contributed by atoms with Crippen molar-refractivity contribution in [2.75, 3.05) is 19.3 Å². The highest BCUT2D eigenvalue weighted by Gasteiger charge is 2.49. The molecule has 5 rings (SSSR count). The number of fused-ring (bicyclic) bond motifs is 1. The van der Waals surface area contributed by atoms with Gasteiger partial charge >= 0.3 is 10.1 Å². The standard InChI is InChI=1S/C24H23N5O3S/c1-33(30,31)32-21-10-3-9-20(15-21)24(22-27-12-5-13-29(22)23(25)28-24)19-8-2-6-17(14-19)18-7-4-11-26-16-18/h2-4,6-11,14-16H,5,12-13H2,1H3,(H2,25,28). The second-order valence-corrected chi connectivity index (χ2v) is 9.60. The van der Waals surface area contributed by atoms with Crippen molar-refractivity contribution in [2.45, 2.75) is 12.0 Å². The molecule has 2 aliphatic heterocycles. The Bertz CT molecular complexity index is 1370. The van der Waals surface area contributed by atoms with E-state index in [2.05, 4.69) is 11.1 Å². The van der Waals surface area contributed by atoms with Crippen LogP contribution in [0.15, 0.2) is 83.0 Å². The SMILES string of the molecule is CS(=O)(=O)Oc1cccc(C2(c3cccc(-c4cccnc4)c3)N=C(N)N3CCCN=C32)c1. The van der Waals surface area contributed by atoms with E-state index in [0.29, 0.717) is 12.5 Å². The van der Waals surface area contributed by atoms with Crippen molar-refractivity contribution in [3.05, 3.63) is 84.2 Å². The molecule has 0 saturated carbocycles. The smallest absolute Gasteiger partial charge is 0.306 e. The van der Waals surface area contributed by atoms with Crippen molar-refractivity contribution in [2.24, 2.45) is 15.7 Å². The fourth-order valence-corrected chi connectivity index (χ4v) is 4.83. The van der Waals surface area contributed by atoms with Crippen molar-refractivity contribution < 1.29 is 12.6 Å². The third-order valence-corrected chi connectivity index (χ3v) is 6.21. The molecule has 2 aromatic carbocycles. The van der Waals surface area contributed by atoms with E-state index in [1.165, 1.54) is 0 Å². The first-order valence-corrected chi connectivity index (χ1v) is 12.4. The van der Waals surface area contributed by atoms with Crippen LogP contribution in [-0.2, 0) is 15.7 Å². The molecule has 1 atom stereocenters. The van der Waals surface area contributed by atoms with E-state index in [4.69, 9.17) is 19.9 Å². The van der Waals surface area contributed by atoms with Gasteiger partial charge in [0.05, 0.1) is 6.26 Å². The summed E-state index contributed by atoms with van der Waals surface area (Å²) in [5.41, 5.74) is 8.90. The fraction of sp³-hybridized carbons (Fsp3) is 0.208. The minimum absolute atomic E-state index is 0.210. The Hall–Kier alpha value is -3.72. The quantitative estimate of drug-likeness (QED) is 0.585. The zero-order valence-corrected chi connectivity index (χ0v) is 18.9. The van der Waals surface area contributed by atoms with Gasteiger partial charge in [0.15, 0.2) is 11.5 Å². The van der Waals surface area contributed by atoms with Gasteiger partial charge in [-0.2, -0.15) is 8.42 Å². The number of aromatic nitrogens is 1. The number of nitrogens with two attached hydrogens (primary N) is 1. The number of hydrogen-bond donors (Lipinski definition) is 1. The van der Waals surface area contributed by atoms with Crippen LogP contribution >= 0.6 is 0 Å². The maximum Gasteiger partial charge on any atom is 0.306 e. The molecular formula is C24H23N5O3S. The monoisotopic (exact) mass is 461 g/mol. The largest absolute Gasteiger partial charge is 0.383 e. The molecular weight excluding hydrogens is 438 g/mol. The highest BCUT2D eigenvalue weighted by Crippen LogP contribution is 2.43. The second-order valence-electron chi connectivity index (χ2n) is 8.03. The molecule has 8 nitrogen and oxygen atoms in total. The first-order valence-electron chi connectivity index (χ1n) is 10.6. The Balaban J connectivity index is 1.73. The maximum atomic E-state index is 11.8. The van der Waals surface area contributed by atoms with E-state index in [-0.39, 0.29) is 5.75 Å². The van der Waals surface area contributed by atoms with E-state index < -0.39 is 15.7 Å². The maximum absolute atomic E-state index is 11.8. The average molecular weight is 462 g/mol. The van der Waals surface area contributed by atoms with Gasteiger partial charge in [-0.05, 0) is 52.9 Å². The van der Waals surface area contributed by atoms with E-state index >= 15 is 0 Å². The lowest BCUT2D eigenvalue weighted by atomic mass is 9.81. The third kappa shape index (κ3) is 3.84. The first kappa shape index (κ1) is 21.1. The van der Waals surface area contributed by atoms with Crippen LogP contribution in [0.3, 0.4) is 0 Å². The highest BCUT2D eigenvalue weighted by molar-refractivity contribution is 7.86. The number of amidine groups is 1. The minimum Gasteiger partial charge on any atom is -0.383 e. The number of aliphatic imine (C=N–C) groups is 2. The molecule has 2 aliphatic rings. The topological polar surface area (TPSA) is 110 Å². The Morgan fingerprint density at radius 2 is 1.79 bits per heavy atom. The van der Waals surface area contributed by atoms with Crippen LogP contribution in [0.2, 0.25) is 0 Å². The van der Waals surface area contributed by atoms with Gasteiger partial charge in [0.2, 0.25) is 0 Å². The van der Waals surface area contributed by atoms with Crippen LogP contribution in [-0.4, -0.2) is 49.4 Å². The minimum atomic E-state index is -3.69. The summed E-state index contributed by atoms with van der Waals surface area (Å²) in [5.74, 6) is 1.32. The van der Waals surface area contributed by atoms with E-state index in [0.717, 1.165) is 47.3 Å². The molecule has 1 unspecified atom stereocenters. The molecule has 33 heavy (non-hydrogen) atoms. The number of rotatable bonds is 5. The van der Waals surface area contributed by atoms with Crippen molar-refractivity contribution in [1.82, 2.24) is 9.88 Å². The summed E-state index contributed by atoms with van der Waals surface area (Å²) >= 11 is 0. The zero-order chi connectivity index (χ0) is 23.1. The number of guanidine groups is 1. The van der Waals surface area contributed by atoms with Gasteiger partial charge in [-0.15, -0.1) is 0 Å². The van der Waals surface area contributed by atoms with Crippen LogP contribution in [0.4, 0.5) is 0 Å². The molecule has 9 heteroatoms. The summed E-state index contributed by atoms with van der Waals surface area (Å²) in [4.78, 5) is 15.9. The van der Waals surface area contributed by atoms with Gasteiger partial charge in [0, 0.05) is 25.5 Å². The molecule has 3 aromatic rings. The Morgan fingerprint density at radius 3 is 2.55 bits per heavy atom. The summed E-state index contributed by atoms with van der Waals surface area (Å²) in [6.45, 7) is 1.38. The van der Waals surface area contributed by atoms with Crippen molar-refractivity contribution in [3.8, 4) is 16.9 Å². The normalized spacial score (nSPS) is 20.1. The highest BCUT2D eigenvalue weighted by atomic mass is 32.2. The van der Waals surface area contributed by atoms with Gasteiger partial charge in [-0.1, -0.05) is 36.4 Å². The Labute approximate surface area is 192 Å². The molecule has 0 aliphatic carbocycles. The molecule has 0 radical (unpaired) electrons. The Morgan fingerprint density at radius 1 is 1.03 bits per heavy atom. The molecule has 1 aromatic heterocycles. The molecule has 0 bridgehead atoms. The lowest BCUT2D eigenvalue weighted by Gasteiger charge is -2.33. The van der Waals surface area contributed by atoms with Crippen LogP contribution < -0.4 is 9.92 Å². The Kier molecular flexibility index (Phi) is 5.13. The van der Waals surface area contributed by atoms with Crippen LogP contribution in [0.1, 0.15) is 17.5 Å². The predicted molar refractivity (Wildman–Crippen MR) is 128 cm³/mol. The number of pyridine rings is 1. The lowest BCUT2D eigenvalue weighted by molar-refractivity contribution is 0.491. The number of hydrogen-bond acceptors (Lipinski definition) is 8. The molecule has 0 amide bonds. The first-order chi connectivity index (χ1) is 15.9. The van der Waals surface area contributed by atoms with Gasteiger partial charge in [0.25, 0.3) is 0 Å². The summed E-state index contributed by atoms with van der Waals surface area (Å²) < 4.78 is 28.7. The fourth-order valence-electron chi connectivity index (χ4n) is 4.38. The van der Waals surface area contributed by atoms with Crippen LogP contribution in [0, 0.1) is 0 Å². The van der Waals surface area contributed by atoms with E-state index in [1.54, 1.807) is 24.4 Å². The predicted octanol–water partition coefficient (Wildman–Crippen LogP) is 2.76. The summed E-state index contributed by atoms with van der Waals surface area (Å²) in [7, 11) is -3.69. The van der Waals surface area contributed by atoms with Crippen LogP contribution in [0.25, 0.3) is 11.1 Å². The second kappa shape index (κ2) is 8.00. The van der Waals surface area contributed by atoms with Gasteiger partial charge in [-0.3, -0.25) is 14.9 Å². The van der Waals surface area contributed by atoms with Gasteiger partial charge in [0.1, 0.15) is 11.6 Å². The molecule has 2 N–H and O–H groups in total. The molecule has 0 fully saturated rings. The van der Waals surface area contributed by atoms with Gasteiger partial charge in [-0.25, -0.2) is 4.99 Å². The van der Waals surface area contributed by atoms with E-state index in [9.17, 15) is 8.42 Å². The van der Waals surface area contributed by atoms with Crippen molar-refractivity contribution in [3.63, 3.8) is 0 Å². The number of benzene rings is 2. The molecule has 0 saturated heterocycles. The average Bonchev–Trinajstić information content (AvgIpc) is 3.13. The van der Waals surface area contributed by atoms with Crippen LogP contribution in [0.5, 0.6) is 5.75 Å². The van der Waals surface area contributed by atoms with Crippen molar-refractivity contribution >= 4 is 21.9 Å². The molecule has 168 valence electrons. The summed E-state index contributed by atoms with van der Waals surface area (Å²) in [6.07, 6.45) is 5.44. The summed E-state index contributed by atoms with van der Waals surface area (Å²) in [6, 6.07) is 18.8. The van der Waals surface area contributed by atoms with Gasteiger partial charge < -0.3 is 9.92 Å². The third-order valence-electron chi connectivity index (χ3n) is 5.71. The lowest BCUT2D eigenvalue weighted by Crippen LogP contribution is -2.46. The number of nitrogens with zero attached hydrogens (tertiary/aromatic N) is 4. The zero-order valence-electron chi connectivity index (χ0n) is 18.0. The molecule has 0 spiro atoms.